The molecule has 1 heterocycles. The van der Waals surface area contributed by atoms with Crippen molar-refractivity contribution in [3.05, 3.63) is 58.3 Å². The Morgan fingerprint density at radius 3 is 2.50 bits per heavy atom. The van der Waals surface area contributed by atoms with E-state index in [-0.39, 0.29) is 5.92 Å². The van der Waals surface area contributed by atoms with Crippen LogP contribution in [0, 0.1) is 5.92 Å². The summed E-state index contributed by atoms with van der Waals surface area (Å²) in [6, 6.07) is 14.4. The van der Waals surface area contributed by atoms with E-state index >= 15 is 0 Å². The molecule has 0 aliphatic carbocycles. The Hall–Kier alpha value is -1.41. The van der Waals surface area contributed by atoms with E-state index in [0.29, 0.717) is 18.1 Å². The predicted molar refractivity (Wildman–Crippen MR) is 86.3 cm³/mol. The van der Waals surface area contributed by atoms with E-state index in [1.165, 1.54) is 4.88 Å². The molecule has 2 rings (SSSR count). The molecule has 1 nitrogen and oxygen atoms in total. The van der Waals surface area contributed by atoms with Crippen LogP contribution in [-0.4, -0.2) is 5.78 Å². The molecule has 0 fully saturated rings. The Bertz CT molecular complexity index is 516. The van der Waals surface area contributed by atoms with Crippen molar-refractivity contribution in [3.63, 3.8) is 0 Å². The molecule has 0 N–H and O–H groups in total. The summed E-state index contributed by atoms with van der Waals surface area (Å²) >= 11 is 1.73. The molecule has 2 heteroatoms. The molecular weight excluding hydrogens is 264 g/mol. The molecule has 2 unspecified atom stereocenters. The number of hydrogen-bond donors (Lipinski definition) is 0. The molecule has 106 valence electrons. The zero-order valence-corrected chi connectivity index (χ0v) is 13.0. The van der Waals surface area contributed by atoms with Crippen molar-refractivity contribution in [1.82, 2.24) is 0 Å². The first-order chi connectivity index (χ1) is 9.72. The predicted octanol–water partition coefficient (Wildman–Crippen LogP) is 5.08. The van der Waals surface area contributed by atoms with Crippen LogP contribution in [0.3, 0.4) is 0 Å². The number of rotatable bonds is 7. The topological polar surface area (TPSA) is 17.1 Å². The highest BCUT2D eigenvalue weighted by Crippen LogP contribution is 2.29. The maximum atomic E-state index is 12.6. The standard InChI is InChI=1S/C18H22OS/c1-3-14(2)18(15-8-5-4-6-9-15)17(19)12-11-16-10-7-13-20-16/h4-10,13-14,18H,3,11-12H2,1-2H3. The van der Waals surface area contributed by atoms with Crippen molar-refractivity contribution in [1.29, 1.82) is 0 Å². The van der Waals surface area contributed by atoms with Crippen LogP contribution in [0.2, 0.25) is 0 Å². The molecule has 1 aromatic carbocycles. The van der Waals surface area contributed by atoms with Crippen LogP contribution >= 0.6 is 11.3 Å². The number of thiophene rings is 1. The molecule has 0 amide bonds. The van der Waals surface area contributed by atoms with Gasteiger partial charge >= 0.3 is 0 Å². The lowest BCUT2D eigenvalue weighted by Gasteiger charge is -2.22. The second-order valence-electron chi connectivity index (χ2n) is 5.32. The molecule has 0 saturated heterocycles. The van der Waals surface area contributed by atoms with Gasteiger partial charge in [-0.05, 0) is 29.3 Å². The molecule has 0 bridgehead atoms. The van der Waals surface area contributed by atoms with Crippen LogP contribution in [0.25, 0.3) is 0 Å². The number of ketones is 1. The summed E-state index contributed by atoms with van der Waals surface area (Å²) in [6.45, 7) is 4.34. The van der Waals surface area contributed by atoms with Crippen molar-refractivity contribution in [3.8, 4) is 0 Å². The summed E-state index contributed by atoms with van der Waals surface area (Å²) in [5.74, 6) is 0.813. The summed E-state index contributed by atoms with van der Waals surface area (Å²) in [6.07, 6.45) is 2.55. The number of hydrogen-bond acceptors (Lipinski definition) is 2. The molecule has 20 heavy (non-hydrogen) atoms. The average Bonchev–Trinajstić information content (AvgIpc) is 2.99. The Kier molecular flexibility index (Phi) is 5.54. The van der Waals surface area contributed by atoms with Crippen LogP contribution < -0.4 is 0 Å². The third-order valence-electron chi connectivity index (χ3n) is 3.92. The van der Waals surface area contributed by atoms with Crippen LogP contribution in [0.15, 0.2) is 47.8 Å². The number of carbonyl (C=O) groups excluding carboxylic acids is 1. The van der Waals surface area contributed by atoms with E-state index in [1.54, 1.807) is 11.3 Å². The zero-order valence-electron chi connectivity index (χ0n) is 12.2. The van der Waals surface area contributed by atoms with Crippen LogP contribution in [0.5, 0.6) is 0 Å². The van der Waals surface area contributed by atoms with Gasteiger partial charge in [0.2, 0.25) is 0 Å². The molecule has 0 spiro atoms. The largest absolute Gasteiger partial charge is 0.299 e. The van der Waals surface area contributed by atoms with Gasteiger partial charge in [-0.3, -0.25) is 4.79 Å². The summed E-state index contributed by atoms with van der Waals surface area (Å²) < 4.78 is 0. The first kappa shape index (κ1) is 15.0. The van der Waals surface area contributed by atoms with E-state index in [9.17, 15) is 4.79 Å². The van der Waals surface area contributed by atoms with Crippen molar-refractivity contribution in [2.24, 2.45) is 5.92 Å². The van der Waals surface area contributed by atoms with E-state index in [4.69, 9.17) is 0 Å². The quantitative estimate of drug-likeness (QED) is 0.693. The summed E-state index contributed by atoms with van der Waals surface area (Å²) in [7, 11) is 0. The van der Waals surface area contributed by atoms with Gasteiger partial charge in [-0.15, -0.1) is 11.3 Å². The highest BCUT2D eigenvalue weighted by Gasteiger charge is 2.25. The Labute approximate surface area is 125 Å². The van der Waals surface area contributed by atoms with Gasteiger partial charge in [-0.2, -0.15) is 0 Å². The van der Waals surface area contributed by atoms with E-state index in [1.807, 2.05) is 24.3 Å². The molecule has 1 aromatic heterocycles. The summed E-state index contributed by atoms with van der Waals surface area (Å²) in [5.41, 5.74) is 1.16. The molecule has 0 aliphatic rings. The molecular formula is C18H22OS. The van der Waals surface area contributed by atoms with E-state index in [0.717, 1.165) is 18.4 Å². The molecule has 0 aliphatic heterocycles. The molecule has 2 aromatic rings. The third kappa shape index (κ3) is 3.80. The van der Waals surface area contributed by atoms with Gasteiger partial charge in [0, 0.05) is 17.2 Å². The normalized spacial score (nSPS) is 13.9. The second-order valence-corrected chi connectivity index (χ2v) is 6.35. The lowest BCUT2D eigenvalue weighted by Crippen LogP contribution is -2.20. The fourth-order valence-electron chi connectivity index (χ4n) is 2.58. The van der Waals surface area contributed by atoms with Crippen molar-refractivity contribution < 1.29 is 4.79 Å². The highest BCUT2D eigenvalue weighted by molar-refractivity contribution is 7.09. The first-order valence-corrected chi connectivity index (χ1v) is 8.20. The third-order valence-corrected chi connectivity index (χ3v) is 4.85. The lowest BCUT2D eigenvalue weighted by atomic mass is 9.81. The van der Waals surface area contributed by atoms with Crippen LogP contribution in [-0.2, 0) is 11.2 Å². The Morgan fingerprint density at radius 2 is 1.90 bits per heavy atom. The van der Waals surface area contributed by atoms with E-state index in [2.05, 4.69) is 37.4 Å². The summed E-state index contributed by atoms with van der Waals surface area (Å²) in [4.78, 5) is 13.9. The monoisotopic (exact) mass is 286 g/mol. The lowest BCUT2D eigenvalue weighted by molar-refractivity contribution is -0.121. The number of aryl methyl sites for hydroxylation is 1. The van der Waals surface area contributed by atoms with Gasteiger partial charge in [0.25, 0.3) is 0 Å². The van der Waals surface area contributed by atoms with Gasteiger partial charge in [0.05, 0.1) is 0 Å². The molecule has 0 radical (unpaired) electrons. The second kappa shape index (κ2) is 7.39. The average molecular weight is 286 g/mol. The number of benzene rings is 1. The van der Waals surface area contributed by atoms with Gasteiger partial charge in [-0.25, -0.2) is 0 Å². The van der Waals surface area contributed by atoms with E-state index < -0.39 is 0 Å². The minimum atomic E-state index is 0.0427. The smallest absolute Gasteiger partial charge is 0.140 e. The minimum absolute atomic E-state index is 0.0427. The van der Waals surface area contributed by atoms with Crippen molar-refractivity contribution >= 4 is 17.1 Å². The fraction of sp³-hybridized carbons (Fsp3) is 0.389. The van der Waals surface area contributed by atoms with Crippen molar-refractivity contribution in [2.45, 2.75) is 39.0 Å². The Morgan fingerprint density at radius 1 is 1.15 bits per heavy atom. The van der Waals surface area contributed by atoms with Crippen molar-refractivity contribution in [2.75, 3.05) is 0 Å². The van der Waals surface area contributed by atoms with Gasteiger partial charge in [-0.1, -0.05) is 56.7 Å². The zero-order chi connectivity index (χ0) is 14.4. The summed E-state index contributed by atoms with van der Waals surface area (Å²) in [5, 5.41) is 2.07. The maximum absolute atomic E-state index is 12.6. The highest BCUT2D eigenvalue weighted by atomic mass is 32.1. The number of Topliss-reactive ketones (excluding diaryl/α,β-unsaturated/α-hetero) is 1. The Balaban J connectivity index is 2.08. The molecule has 2 atom stereocenters. The van der Waals surface area contributed by atoms with Gasteiger partial charge < -0.3 is 0 Å². The number of carbonyl (C=O) groups is 1. The maximum Gasteiger partial charge on any atom is 0.140 e. The minimum Gasteiger partial charge on any atom is -0.299 e. The van der Waals surface area contributed by atoms with Gasteiger partial charge in [0.15, 0.2) is 0 Å². The van der Waals surface area contributed by atoms with Crippen LogP contribution in [0.1, 0.15) is 43.0 Å². The van der Waals surface area contributed by atoms with Crippen LogP contribution in [0.4, 0.5) is 0 Å². The molecule has 0 saturated carbocycles. The van der Waals surface area contributed by atoms with Gasteiger partial charge in [0.1, 0.15) is 5.78 Å². The fourth-order valence-corrected chi connectivity index (χ4v) is 3.29. The first-order valence-electron chi connectivity index (χ1n) is 7.32. The SMILES string of the molecule is CCC(C)C(C(=O)CCc1cccs1)c1ccccc1.